The van der Waals surface area contributed by atoms with E-state index in [0.29, 0.717) is 22.6 Å². The number of amides is 1. The Morgan fingerprint density at radius 3 is 2.52 bits per heavy atom. The van der Waals surface area contributed by atoms with Gasteiger partial charge in [0.05, 0.1) is 30.6 Å². The Labute approximate surface area is 167 Å². The third-order valence-corrected chi connectivity index (χ3v) is 4.83. The molecule has 0 radical (unpaired) electrons. The Hall–Kier alpha value is -3.93. The SMILES string of the molecule is COc1cccc(C2C(=C(O)c3ccccc3)C(=O)C(=O)N2c2cccnc2)c1. The fraction of sp³-hybridized carbons (Fsp3) is 0.0870. The number of Topliss-reactive ketones (excluding diaryl/α,β-unsaturated/α-hetero) is 1. The molecule has 1 aromatic heterocycles. The van der Waals surface area contributed by atoms with Gasteiger partial charge in [-0.2, -0.15) is 0 Å². The molecule has 4 rings (SSSR count). The minimum absolute atomic E-state index is 0.0262. The van der Waals surface area contributed by atoms with Gasteiger partial charge in [0.25, 0.3) is 11.7 Å². The molecule has 29 heavy (non-hydrogen) atoms. The number of methoxy groups -OCH3 is 1. The Morgan fingerprint density at radius 2 is 1.83 bits per heavy atom. The van der Waals surface area contributed by atoms with Crippen molar-refractivity contribution in [2.75, 3.05) is 12.0 Å². The van der Waals surface area contributed by atoms with Crippen LogP contribution in [0.2, 0.25) is 0 Å². The highest BCUT2D eigenvalue weighted by molar-refractivity contribution is 6.51. The van der Waals surface area contributed by atoms with Crippen molar-refractivity contribution in [3.05, 3.63) is 95.8 Å². The Morgan fingerprint density at radius 1 is 1.03 bits per heavy atom. The quantitative estimate of drug-likeness (QED) is 0.420. The third-order valence-electron chi connectivity index (χ3n) is 4.83. The number of ketones is 1. The zero-order valence-electron chi connectivity index (χ0n) is 15.6. The molecule has 2 heterocycles. The summed E-state index contributed by atoms with van der Waals surface area (Å²) in [5.74, 6) is -1.10. The van der Waals surface area contributed by atoms with Gasteiger partial charge < -0.3 is 9.84 Å². The summed E-state index contributed by atoms with van der Waals surface area (Å²) in [6, 6.07) is 18.4. The van der Waals surface area contributed by atoms with Crippen molar-refractivity contribution in [3.8, 4) is 5.75 Å². The van der Waals surface area contributed by atoms with Crippen LogP contribution in [0.3, 0.4) is 0 Å². The highest BCUT2D eigenvalue weighted by Crippen LogP contribution is 2.42. The van der Waals surface area contributed by atoms with E-state index in [1.807, 2.05) is 6.07 Å². The molecule has 1 N–H and O–H groups in total. The van der Waals surface area contributed by atoms with Crippen molar-refractivity contribution in [2.45, 2.75) is 6.04 Å². The topological polar surface area (TPSA) is 79.7 Å². The van der Waals surface area contributed by atoms with Gasteiger partial charge in [0.2, 0.25) is 0 Å². The van der Waals surface area contributed by atoms with Crippen LogP contribution in [0.4, 0.5) is 5.69 Å². The molecule has 1 fully saturated rings. The molecule has 6 nitrogen and oxygen atoms in total. The van der Waals surface area contributed by atoms with Crippen LogP contribution in [0.15, 0.2) is 84.7 Å². The number of rotatable bonds is 4. The normalized spacial score (nSPS) is 18.1. The van der Waals surface area contributed by atoms with Gasteiger partial charge in [-0.25, -0.2) is 0 Å². The number of hydrogen-bond acceptors (Lipinski definition) is 5. The van der Waals surface area contributed by atoms with Gasteiger partial charge in [0, 0.05) is 11.8 Å². The summed E-state index contributed by atoms with van der Waals surface area (Å²) >= 11 is 0. The summed E-state index contributed by atoms with van der Waals surface area (Å²) in [6.45, 7) is 0. The van der Waals surface area contributed by atoms with E-state index in [4.69, 9.17) is 4.74 Å². The van der Waals surface area contributed by atoms with E-state index in [9.17, 15) is 14.7 Å². The van der Waals surface area contributed by atoms with E-state index in [0.717, 1.165) is 0 Å². The lowest BCUT2D eigenvalue weighted by Gasteiger charge is -2.25. The Balaban J connectivity index is 1.96. The van der Waals surface area contributed by atoms with Gasteiger partial charge in [-0.15, -0.1) is 0 Å². The predicted molar refractivity (Wildman–Crippen MR) is 108 cm³/mol. The zero-order valence-corrected chi connectivity index (χ0v) is 15.6. The second-order valence-electron chi connectivity index (χ2n) is 6.52. The number of carbonyl (C=O) groups is 2. The maximum atomic E-state index is 13.0. The number of aromatic nitrogens is 1. The minimum Gasteiger partial charge on any atom is -0.507 e. The molecule has 144 valence electrons. The number of anilines is 1. The van der Waals surface area contributed by atoms with Crippen molar-refractivity contribution in [1.29, 1.82) is 0 Å². The average Bonchev–Trinajstić information content (AvgIpc) is 3.05. The predicted octanol–water partition coefficient (Wildman–Crippen LogP) is 3.72. The molecule has 1 amide bonds. The molecule has 0 spiro atoms. The van der Waals surface area contributed by atoms with Crippen LogP contribution < -0.4 is 9.64 Å². The Bertz CT molecular complexity index is 1090. The van der Waals surface area contributed by atoms with Crippen LogP contribution >= 0.6 is 0 Å². The summed E-state index contributed by atoms with van der Waals surface area (Å²) in [4.78, 5) is 31.4. The van der Waals surface area contributed by atoms with Crippen LogP contribution in [0.1, 0.15) is 17.2 Å². The van der Waals surface area contributed by atoms with E-state index in [1.165, 1.54) is 11.1 Å². The van der Waals surface area contributed by atoms with Crippen LogP contribution in [0.5, 0.6) is 5.75 Å². The summed E-state index contributed by atoms with van der Waals surface area (Å²) < 4.78 is 5.31. The van der Waals surface area contributed by atoms with Crippen molar-refractivity contribution in [1.82, 2.24) is 4.98 Å². The third kappa shape index (κ3) is 3.25. The van der Waals surface area contributed by atoms with E-state index in [-0.39, 0.29) is 11.3 Å². The van der Waals surface area contributed by atoms with Crippen molar-refractivity contribution in [3.63, 3.8) is 0 Å². The first-order chi connectivity index (χ1) is 14.1. The van der Waals surface area contributed by atoms with Gasteiger partial charge in [-0.05, 0) is 29.8 Å². The van der Waals surface area contributed by atoms with E-state index in [2.05, 4.69) is 4.98 Å². The number of aliphatic hydroxyl groups is 1. The molecule has 1 unspecified atom stereocenters. The standard InChI is InChI=1S/C23H18N2O4/c1-29-18-11-5-9-16(13-18)20-19(21(26)15-7-3-2-4-8-15)22(27)23(28)25(20)17-10-6-12-24-14-17/h2-14,20,26H,1H3. The average molecular weight is 386 g/mol. The van der Waals surface area contributed by atoms with Crippen LogP contribution in [0.25, 0.3) is 5.76 Å². The number of benzene rings is 2. The molecular weight excluding hydrogens is 368 g/mol. The van der Waals surface area contributed by atoms with Crippen LogP contribution in [0, 0.1) is 0 Å². The second kappa shape index (κ2) is 7.59. The van der Waals surface area contributed by atoms with Crippen LogP contribution in [-0.2, 0) is 9.59 Å². The highest BCUT2D eigenvalue weighted by Gasteiger charge is 2.47. The molecule has 0 aliphatic carbocycles. The molecule has 1 saturated heterocycles. The van der Waals surface area contributed by atoms with Gasteiger partial charge in [-0.1, -0.05) is 42.5 Å². The number of ether oxygens (including phenoxy) is 1. The van der Waals surface area contributed by atoms with Crippen molar-refractivity contribution >= 4 is 23.1 Å². The number of carbonyl (C=O) groups excluding carboxylic acids is 2. The summed E-state index contributed by atoms with van der Waals surface area (Å²) in [6.07, 6.45) is 3.10. The fourth-order valence-electron chi connectivity index (χ4n) is 3.47. The summed E-state index contributed by atoms with van der Waals surface area (Å²) in [5, 5.41) is 11.0. The number of nitrogens with zero attached hydrogens (tertiary/aromatic N) is 2. The maximum absolute atomic E-state index is 13.0. The van der Waals surface area contributed by atoms with Crippen molar-refractivity contribution in [2.24, 2.45) is 0 Å². The Kier molecular flexibility index (Phi) is 4.83. The monoisotopic (exact) mass is 386 g/mol. The molecule has 0 saturated carbocycles. The molecule has 1 aliphatic heterocycles. The minimum atomic E-state index is -0.811. The second-order valence-corrected chi connectivity index (χ2v) is 6.52. The first-order valence-electron chi connectivity index (χ1n) is 9.02. The fourth-order valence-corrected chi connectivity index (χ4v) is 3.47. The number of pyridine rings is 1. The van der Waals surface area contributed by atoms with Gasteiger partial charge >= 0.3 is 0 Å². The molecule has 3 aromatic rings. The molecule has 6 heteroatoms. The molecule has 0 bridgehead atoms. The lowest BCUT2D eigenvalue weighted by molar-refractivity contribution is -0.132. The highest BCUT2D eigenvalue weighted by atomic mass is 16.5. The van der Waals surface area contributed by atoms with E-state index < -0.39 is 17.7 Å². The number of hydrogen-bond donors (Lipinski definition) is 1. The smallest absolute Gasteiger partial charge is 0.300 e. The lowest BCUT2D eigenvalue weighted by Crippen LogP contribution is -2.29. The van der Waals surface area contributed by atoms with Gasteiger partial charge in [0.15, 0.2) is 0 Å². The van der Waals surface area contributed by atoms with E-state index >= 15 is 0 Å². The number of aliphatic hydroxyl groups excluding tert-OH is 1. The van der Waals surface area contributed by atoms with Gasteiger partial charge in [-0.3, -0.25) is 19.5 Å². The van der Waals surface area contributed by atoms with Crippen molar-refractivity contribution < 1.29 is 19.4 Å². The van der Waals surface area contributed by atoms with Gasteiger partial charge in [0.1, 0.15) is 11.5 Å². The first-order valence-corrected chi connectivity index (χ1v) is 9.02. The molecule has 1 aliphatic rings. The lowest BCUT2D eigenvalue weighted by atomic mass is 9.95. The first kappa shape index (κ1) is 18.4. The van der Waals surface area contributed by atoms with Crippen LogP contribution in [-0.4, -0.2) is 28.9 Å². The summed E-state index contributed by atoms with van der Waals surface area (Å²) in [7, 11) is 1.54. The largest absolute Gasteiger partial charge is 0.507 e. The maximum Gasteiger partial charge on any atom is 0.300 e. The zero-order chi connectivity index (χ0) is 20.4. The molecule has 1 atom stereocenters. The summed E-state index contributed by atoms with van der Waals surface area (Å²) in [5.41, 5.74) is 1.60. The molecular formula is C23H18N2O4. The molecule has 2 aromatic carbocycles. The van der Waals surface area contributed by atoms with E-state index in [1.54, 1.807) is 74.0 Å².